The number of hydrogen-bond acceptors (Lipinski definition) is 2. The summed E-state index contributed by atoms with van der Waals surface area (Å²) in [4.78, 5) is 17.4. The maximum Gasteiger partial charge on any atom is 0.256 e. The van der Waals surface area contributed by atoms with Gasteiger partial charge in [-0.2, -0.15) is 0 Å². The fourth-order valence-electron chi connectivity index (χ4n) is 2.65. The van der Waals surface area contributed by atoms with Gasteiger partial charge in [0.1, 0.15) is 0 Å². The molecule has 17 heavy (non-hydrogen) atoms. The van der Waals surface area contributed by atoms with Crippen LogP contribution in [0.4, 0.5) is 0 Å². The minimum atomic E-state index is 0.0392. The molecule has 2 heterocycles. The van der Waals surface area contributed by atoms with Gasteiger partial charge in [-0.25, -0.2) is 0 Å². The lowest BCUT2D eigenvalue weighted by molar-refractivity contribution is 0.264. The summed E-state index contributed by atoms with van der Waals surface area (Å²) in [5.41, 5.74) is 2.46. The first-order valence-electron chi connectivity index (χ1n) is 6.14. The Kier molecular flexibility index (Phi) is 2.48. The van der Waals surface area contributed by atoms with E-state index in [4.69, 9.17) is 0 Å². The maximum absolute atomic E-state index is 12.0. The standard InChI is InChI=1S/C14H16N2O/c1-2-16-8-7-11-10-5-3-4-6-12(10)14(17)15-13(11)9-16/h3-6H,2,7-9H2,1H3,(H,15,17). The second-order valence-corrected chi connectivity index (χ2v) is 4.58. The molecule has 0 saturated heterocycles. The Morgan fingerprint density at radius 2 is 2.06 bits per heavy atom. The van der Waals surface area contributed by atoms with Crippen LogP contribution >= 0.6 is 0 Å². The number of aromatic amines is 1. The van der Waals surface area contributed by atoms with E-state index in [1.165, 1.54) is 5.56 Å². The highest BCUT2D eigenvalue weighted by atomic mass is 16.1. The topological polar surface area (TPSA) is 36.1 Å². The highest BCUT2D eigenvalue weighted by Crippen LogP contribution is 2.23. The van der Waals surface area contributed by atoms with Gasteiger partial charge < -0.3 is 4.98 Å². The van der Waals surface area contributed by atoms with Crippen molar-refractivity contribution in [3.05, 3.63) is 45.9 Å². The van der Waals surface area contributed by atoms with Crippen LogP contribution in [-0.4, -0.2) is 23.0 Å². The van der Waals surface area contributed by atoms with E-state index >= 15 is 0 Å². The van der Waals surface area contributed by atoms with Crippen molar-refractivity contribution < 1.29 is 0 Å². The van der Waals surface area contributed by atoms with Gasteiger partial charge in [0.05, 0.1) is 0 Å². The molecule has 0 bridgehead atoms. The van der Waals surface area contributed by atoms with E-state index in [9.17, 15) is 4.79 Å². The first-order valence-corrected chi connectivity index (χ1v) is 6.14. The SMILES string of the molecule is CCN1CCc2c([nH]c(=O)c3ccccc23)C1. The van der Waals surface area contributed by atoms with E-state index in [2.05, 4.69) is 22.9 Å². The molecule has 0 unspecified atom stereocenters. The molecule has 1 N–H and O–H groups in total. The first-order chi connectivity index (χ1) is 8.29. The minimum Gasteiger partial charge on any atom is -0.324 e. The Morgan fingerprint density at radius 1 is 1.29 bits per heavy atom. The average Bonchev–Trinajstić information content (AvgIpc) is 2.38. The third-order valence-corrected chi connectivity index (χ3v) is 3.63. The maximum atomic E-state index is 12.0. The molecule has 3 nitrogen and oxygen atoms in total. The zero-order chi connectivity index (χ0) is 11.8. The van der Waals surface area contributed by atoms with Crippen LogP contribution in [0, 0.1) is 0 Å². The molecule has 0 saturated carbocycles. The molecule has 0 atom stereocenters. The van der Waals surface area contributed by atoms with Crippen LogP contribution in [0.5, 0.6) is 0 Å². The van der Waals surface area contributed by atoms with Gasteiger partial charge in [0.2, 0.25) is 0 Å². The van der Waals surface area contributed by atoms with Crippen LogP contribution in [0.15, 0.2) is 29.1 Å². The van der Waals surface area contributed by atoms with Gasteiger partial charge >= 0.3 is 0 Å². The smallest absolute Gasteiger partial charge is 0.256 e. The van der Waals surface area contributed by atoms with Gasteiger partial charge in [-0.05, 0) is 30.0 Å². The van der Waals surface area contributed by atoms with Crippen molar-refractivity contribution >= 4 is 10.8 Å². The van der Waals surface area contributed by atoms with Crippen LogP contribution in [0.3, 0.4) is 0 Å². The summed E-state index contributed by atoms with van der Waals surface area (Å²) in [5.74, 6) is 0. The Balaban J connectivity index is 2.24. The molecule has 0 radical (unpaired) electrons. The zero-order valence-corrected chi connectivity index (χ0v) is 9.99. The molecule has 0 aliphatic carbocycles. The Morgan fingerprint density at radius 3 is 2.82 bits per heavy atom. The molecule has 3 heteroatoms. The highest BCUT2D eigenvalue weighted by molar-refractivity contribution is 5.85. The molecular weight excluding hydrogens is 212 g/mol. The highest BCUT2D eigenvalue weighted by Gasteiger charge is 2.18. The normalized spacial score (nSPS) is 16.1. The molecule has 1 aromatic heterocycles. The number of pyridine rings is 1. The van der Waals surface area contributed by atoms with Gasteiger partial charge in [-0.1, -0.05) is 25.1 Å². The number of nitrogens with zero attached hydrogens (tertiary/aromatic N) is 1. The van der Waals surface area contributed by atoms with Crippen LogP contribution < -0.4 is 5.56 Å². The van der Waals surface area contributed by atoms with Gasteiger partial charge in [-0.3, -0.25) is 9.69 Å². The van der Waals surface area contributed by atoms with Gasteiger partial charge in [-0.15, -0.1) is 0 Å². The lowest BCUT2D eigenvalue weighted by Crippen LogP contribution is -2.32. The van der Waals surface area contributed by atoms with Gasteiger partial charge in [0, 0.05) is 24.2 Å². The minimum absolute atomic E-state index is 0.0392. The Bertz CT molecular complexity index is 615. The number of rotatable bonds is 1. The Labute approximate surface area is 100 Å². The number of hydrogen-bond donors (Lipinski definition) is 1. The first kappa shape index (κ1) is 10.5. The summed E-state index contributed by atoms with van der Waals surface area (Å²) >= 11 is 0. The van der Waals surface area contributed by atoms with Crippen LogP contribution in [0.1, 0.15) is 18.2 Å². The molecule has 1 aromatic carbocycles. The summed E-state index contributed by atoms with van der Waals surface area (Å²) in [6, 6.07) is 7.89. The van der Waals surface area contributed by atoms with Gasteiger partial charge in [0.15, 0.2) is 0 Å². The summed E-state index contributed by atoms with van der Waals surface area (Å²) in [6.07, 6.45) is 1.03. The van der Waals surface area contributed by atoms with E-state index in [0.717, 1.165) is 42.5 Å². The second-order valence-electron chi connectivity index (χ2n) is 4.58. The van der Waals surface area contributed by atoms with Crippen LogP contribution in [0.2, 0.25) is 0 Å². The number of nitrogens with one attached hydrogen (secondary N) is 1. The number of aromatic nitrogens is 1. The van der Waals surface area contributed by atoms with E-state index in [1.54, 1.807) is 0 Å². The number of benzene rings is 1. The van der Waals surface area contributed by atoms with E-state index in [1.807, 2.05) is 18.2 Å². The summed E-state index contributed by atoms with van der Waals surface area (Å²) < 4.78 is 0. The van der Waals surface area contributed by atoms with Crippen molar-refractivity contribution in [2.24, 2.45) is 0 Å². The number of fused-ring (bicyclic) bond motifs is 3. The van der Waals surface area contributed by atoms with Crippen molar-refractivity contribution in [2.75, 3.05) is 13.1 Å². The fourth-order valence-corrected chi connectivity index (χ4v) is 2.65. The lowest BCUT2D eigenvalue weighted by atomic mass is 9.98. The number of likely N-dealkylation sites (N-methyl/N-ethyl adjacent to an activating group) is 1. The molecule has 0 amide bonds. The molecule has 1 aliphatic rings. The second kappa shape index (κ2) is 4.00. The third kappa shape index (κ3) is 1.67. The van der Waals surface area contributed by atoms with Crippen LogP contribution in [0.25, 0.3) is 10.8 Å². The van der Waals surface area contributed by atoms with Gasteiger partial charge in [0.25, 0.3) is 5.56 Å². The molecule has 0 fully saturated rings. The fraction of sp³-hybridized carbons (Fsp3) is 0.357. The Hall–Kier alpha value is -1.61. The molecular formula is C14H16N2O. The van der Waals surface area contributed by atoms with Crippen molar-refractivity contribution in [1.82, 2.24) is 9.88 Å². The van der Waals surface area contributed by atoms with E-state index in [-0.39, 0.29) is 5.56 Å². The van der Waals surface area contributed by atoms with Crippen molar-refractivity contribution in [1.29, 1.82) is 0 Å². The zero-order valence-electron chi connectivity index (χ0n) is 9.99. The summed E-state index contributed by atoms with van der Waals surface area (Å²) in [6.45, 7) is 5.14. The molecule has 88 valence electrons. The van der Waals surface area contributed by atoms with Crippen molar-refractivity contribution in [2.45, 2.75) is 19.9 Å². The predicted octanol–water partition coefficient (Wildman–Crippen LogP) is 1.91. The average molecular weight is 228 g/mol. The summed E-state index contributed by atoms with van der Waals surface area (Å²) in [5, 5.41) is 1.94. The molecule has 2 aromatic rings. The monoisotopic (exact) mass is 228 g/mol. The summed E-state index contributed by atoms with van der Waals surface area (Å²) in [7, 11) is 0. The van der Waals surface area contributed by atoms with E-state index in [0.29, 0.717) is 0 Å². The molecule has 3 rings (SSSR count). The molecule has 0 spiro atoms. The number of H-pyrrole nitrogens is 1. The van der Waals surface area contributed by atoms with Crippen molar-refractivity contribution in [3.8, 4) is 0 Å². The van der Waals surface area contributed by atoms with Crippen molar-refractivity contribution in [3.63, 3.8) is 0 Å². The van der Waals surface area contributed by atoms with Crippen LogP contribution in [-0.2, 0) is 13.0 Å². The van der Waals surface area contributed by atoms with E-state index < -0.39 is 0 Å². The predicted molar refractivity (Wildman–Crippen MR) is 69.2 cm³/mol. The third-order valence-electron chi connectivity index (χ3n) is 3.63. The quantitative estimate of drug-likeness (QED) is 0.809. The largest absolute Gasteiger partial charge is 0.324 e. The molecule has 1 aliphatic heterocycles. The lowest BCUT2D eigenvalue weighted by Gasteiger charge is -2.27.